The molecule has 0 fully saturated rings. The van der Waals surface area contributed by atoms with Gasteiger partial charge >= 0.3 is 0 Å². The van der Waals surface area contributed by atoms with Gasteiger partial charge in [-0.25, -0.2) is 0 Å². The molecule has 0 aliphatic carbocycles. The van der Waals surface area contributed by atoms with E-state index in [4.69, 9.17) is 0 Å². The molecule has 21 heavy (non-hydrogen) atoms. The van der Waals surface area contributed by atoms with Gasteiger partial charge in [0.25, 0.3) is 0 Å². The van der Waals surface area contributed by atoms with Crippen molar-refractivity contribution in [3.8, 4) is 21.6 Å². The van der Waals surface area contributed by atoms with E-state index < -0.39 is 0 Å². The van der Waals surface area contributed by atoms with E-state index >= 15 is 0 Å². The summed E-state index contributed by atoms with van der Waals surface area (Å²) in [5.74, 6) is 0. The number of carbonyl (C=O) groups excluding carboxylic acids is 1. The Morgan fingerprint density at radius 3 is 2.33 bits per heavy atom. The van der Waals surface area contributed by atoms with E-state index in [2.05, 4.69) is 24.1 Å². The maximum atomic E-state index is 11.3. The highest BCUT2D eigenvalue weighted by molar-refractivity contribution is 7.14. The van der Waals surface area contributed by atoms with E-state index in [1.54, 1.807) is 11.3 Å². The molecule has 0 spiro atoms. The third-order valence-corrected chi connectivity index (χ3v) is 4.47. The molecule has 0 radical (unpaired) electrons. The van der Waals surface area contributed by atoms with Crippen molar-refractivity contribution < 1.29 is 4.79 Å². The number of thiophene rings is 1. The SMILES string of the molecule is C=Cc1csc(-c2ccccc2C=O)c1-c1ccccc1. The largest absolute Gasteiger partial charge is 0.298 e. The van der Waals surface area contributed by atoms with Crippen LogP contribution in [0.25, 0.3) is 27.6 Å². The van der Waals surface area contributed by atoms with Crippen molar-refractivity contribution in [1.82, 2.24) is 0 Å². The smallest absolute Gasteiger partial charge is 0.150 e. The van der Waals surface area contributed by atoms with Gasteiger partial charge in [-0.1, -0.05) is 67.3 Å². The van der Waals surface area contributed by atoms with Crippen molar-refractivity contribution in [1.29, 1.82) is 0 Å². The van der Waals surface area contributed by atoms with Crippen LogP contribution in [-0.4, -0.2) is 6.29 Å². The van der Waals surface area contributed by atoms with E-state index in [9.17, 15) is 4.79 Å². The molecule has 0 aliphatic heterocycles. The van der Waals surface area contributed by atoms with Crippen LogP contribution in [0.4, 0.5) is 0 Å². The first-order valence-corrected chi connectivity index (χ1v) is 7.57. The lowest BCUT2D eigenvalue weighted by atomic mass is 9.96. The normalized spacial score (nSPS) is 10.3. The Morgan fingerprint density at radius 2 is 1.62 bits per heavy atom. The topological polar surface area (TPSA) is 17.1 Å². The maximum Gasteiger partial charge on any atom is 0.150 e. The molecule has 3 rings (SSSR count). The van der Waals surface area contributed by atoms with Gasteiger partial charge in [-0.3, -0.25) is 4.79 Å². The van der Waals surface area contributed by atoms with E-state index in [1.807, 2.05) is 48.5 Å². The van der Waals surface area contributed by atoms with E-state index in [-0.39, 0.29) is 0 Å². The first kappa shape index (κ1) is 13.5. The van der Waals surface area contributed by atoms with Crippen LogP contribution in [-0.2, 0) is 0 Å². The summed E-state index contributed by atoms with van der Waals surface area (Å²) < 4.78 is 0. The summed E-state index contributed by atoms with van der Waals surface area (Å²) in [7, 11) is 0. The van der Waals surface area contributed by atoms with Crippen LogP contribution in [0.5, 0.6) is 0 Å². The third kappa shape index (κ3) is 2.46. The van der Waals surface area contributed by atoms with E-state index in [1.165, 1.54) is 0 Å². The summed E-state index contributed by atoms with van der Waals surface area (Å²) in [5, 5.41) is 2.09. The molecular weight excluding hydrogens is 276 g/mol. The molecule has 2 aromatic carbocycles. The minimum absolute atomic E-state index is 0.715. The van der Waals surface area contributed by atoms with Crippen LogP contribution in [0.1, 0.15) is 15.9 Å². The number of hydrogen-bond donors (Lipinski definition) is 0. The van der Waals surface area contributed by atoms with Gasteiger partial charge in [-0.05, 0) is 16.5 Å². The molecule has 1 nitrogen and oxygen atoms in total. The molecule has 1 heterocycles. The predicted molar refractivity (Wildman–Crippen MR) is 90.7 cm³/mol. The van der Waals surface area contributed by atoms with Crippen molar-refractivity contribution in [2.45, 2.75) is 0 Å². The highest BCUT2D eigenvalue weighted by Crippen LogP contribution is 2.41. The Hall–Kier alpha value is -2.45. The molecule has 0 saturated heterocycles. The van der Waals surface area contributed by atoms with Crippen molar-refractivity contribution in [2.24, 2.45) is 0 Å². The number of aldehydes is 1. The molecule has 0 N–H and O–H groups in total. The Labute approximate surface area is 128 Å². The summed E-state index contributed by atoms with van der Waals surface area (Å²) in [6.07, 6.45) is 2.78. The molecule has 0 aliphatic rings. The van der Waals surface area contributed by atoms with Crippen LogP contribution in [0.2, 0.25) is 0 Å². The van der Waals surface area contributed by atoms with Crippen LogP contribution in [0.15, 0.2) is 66.6 Å². The summed E-state index contributed by atoms with van der Waals surface area (Å²) in [6, 6.07) is 17.9. The van der Waals surface area contributed by atoms with Crippen LogP contribution >= 0.6 is 11.3 Å². The fourth-order valence-electron chi connectivity index (χ4n) is 2.43. The first-order chi connectivity index (χ1) is 10.3. The average Bonchev–Trinajstić information content (AvgIpc) is 2.99. The first-order valence-electron chi connectivity index (χ1n) is 6.69. The van der Waals surface area contributed by atoms with Gasteiger partial charge in [-0.2, -0.15) is 0 Å². The Bertz CT molecular complexity index is 784. The molecule has 1 aromatic heterocycles. The second-order valence-electron chi connectivity index (χ2n) is 4.67. The second kappa shape index (κ2) is 5.90. The maximum absolute atomic E-state index is 11.3. The monoisotopic (exact) mass is 290 g/mol. The van der Waals surface area contributed by atoms with Gasteiger partial charge in [-0.15, -0.1) is 11.3 Å². The lowest BCUT2D eigenvalue weighted by Gasteiger charge is -2.08. The summed E-state index contributed by atoms with van der Waals surface area (Å²) >= 11 is 1.65. The molecule has 0 unspecified atom stereocenters. The fraction of sp³-hybridized carbons (Fsp3) is 0. The van der Waals surface area contributed by atoms with Crippen molar-refractivity contribution in [3.63, 3.8) is 0 Å². The number of carbonyl (C=O) groups is 1. The average molecular weight is 290 g/mol. The van der Waals surface area contributed by atoms with Crippen LogP contribution < -0.4 is 0 Å². The van der Waals surface area contributed by atoms with Gasteiger partial charge in [0.1, 0.15) is 0 Å². The van der Waals surface area contributed by atoms with Crippen molar-refractivity contribution >= 4 is 23.7 Å². The van der Waals surface area contributed by atoms with Gasteiger partial charge in [0.2, 0.25) is 0 Å². The molecule has 3 aromatic rings. The lowest BCUT2D eigenvalue weighted by molar-refractivity contribution is 0.112. The molecule has 102 valence electrons. The molecular formula is C19H14OS. The second-order valence-corrected chi connectivity index (χ2v) is 5.55. The predicted octanol–water partition coefficient (Wildman–Crippen LogP) is 5.54. The number of rotatable bonds is 4. The van der Waals surface area contributed by atoms with Gasteiger partial charge in [0.05, 0.1) is 0 Å². The molecule has 0 bridgehead atoms. The van der Waals surface area contributed by atoms with Crippen LogP contribution in [0, 0.1) is 0 Å². The molecule has 2 heteroatoms. The standard InChI is InChI=1S/C19H14OS/c1-2-14-13-21-19(17-11-7-6-10-16(17)12-20)18(14)15-8-4-3-5-9-15/h2-13H,1H2. The third-order valence-electron chi connectivity index (χ3n) is 3.43. The molecule has 0 amide bonds. The number of benzene rings is 2. The highest BCUT2D eigenvalue weighted by Gasteiger charge is 2.15. The van der Waals surface area contributed by atoms with Crippen LogP contribution in [0.3, 0.4) is 0 Å². The number of hydrogen-bond acceptors (Lipinski definition) is 2. The Kier molecular flexibility index (Phi) is 3.80. The molecule has 0 saturated carbocycles. The highest BCUT2D eigenvalue weighted by atomic mass is 32.1. The van der Waals surface area contributed by atoms with Crippen molar-refractivity contribution in [3.05, 3.63) is 77.7 Å². The lowest BCUT2D eigenvalue weighted by Crippen LogP contribution is -1.87. The molecule has 0 atom stereocenters. The zero-order valence-corrected chi connectivity index (χ0v) is 12.3. The quantitative estimate of drug-likeness (QED) is 0.577. The van der Waals surface area contributed by atoms with Crippen molar-refractivity contribution in [2.75, 3.05) is 0 Å². The summed E-state index contributed by atoms with van der Waals surface area (Å²) in [5.41, 5.74) is 5.08. The minimum atomic E-state index is 0.715. The van der Waals surface area contributed by atoms with Gasteiger partial charge in [0, 0.05) is 21.6 Å². The minimum Gasteiger partial charge on any atom is -0.298 e. The fourth-order valence-corrected chi connectivity index (χ4v) is 3.55. The Balaban J connectivity index is 2.28. The zero-order chi connectivity index (χ0) is 14.7. The van der Waals surface area contributed by atoms with Gasteiger partial charge in [0.15, 0.2) is 6.29 Å². The van der Waals surface area contributed by atoms with Gasteiger partial charge < -0.3 is 0 Å². The summed E-state index contributed by atoms with van der Waals surface area (Å²) in [4.78, 5) is 12.4. The summed E-state index contributed by atoms with van der Waals surface area (Å²) in [6.45, 7) is 3.90. The van der Waals surface area contributed by atoms with E-state index in [0.717, 1.165) is 33.4 Å². The Morgan fingerprint density at radius 1 is 0.905 bits per heavy atom. The zero-order valence-electron chi connectivity index (χ0n) is 11.5. The van der Waals surface area contributed by atoms with E-state index in [0.29, 0.717) is 5.56 Å².